The zero-order valence-electron chi connectivity index (χ0n) is 11.6. The molecule has 1 aliphatic rings. The molecule has 1 saturated carbocycles. The van der Waals surface area contributed by atoms with Gasteiger partial charge in [-0.15, -0.1) is 0 Å². The Balaban J connectivity index is 2.04. The van der Waals surface area contributed by atoms with E-state index in [4.69, 9.17) is 5.73 Å². The number of rotatable bonds is 2. The second-order valence-corrected chi connectivity index (χ2v) is 5.76. The molecular formula is C18H20FN. The van der Waals surface area contributed by atoms with Crippen LogP contribution < -0.4 is 5.73 Å². The van der Waals surface area contributed by atoms with E-state index in [1.165, 1.54) is 18.1 Å². The molecule has 2 heteroatoms. The second kappa shape index (κ2) is 5.37. The summed E-state index contributed by atoms with van der Waals surface area (Å²) in [4.78, 5) is 0. The molecule has 2 aromatic carbocycles. The van der Waals surface area contributed by atoms with Gasteiger partial charge in [-0.2, -0.15) is 0 Å². The Hall–Kier alpha value is -1.67. The van der Waals surface area contributed by atoms with Gasteiger partial charge in [-0.1, -0.05) is 55.3 Å². The van der Waals surface area contributed by atoms with Crippen molar-refractivity contribution in [3.05, 3.63) is 71.5 Å². The first-order chi connectivity index (χ1) is 9.70. The Labute approximate surface area is 119 Å². The Morgan fingerprint density at radius 1 is 1.00 bits per heavy atom. The van der Waals surface area contributed by atoms with Crippen molar-refractivity contribution in [1.82, 2.24) is 0 Å². The molecule has 0 aliphatic heterocycles. The van der Waals surface area contributed by atoms with Crippen molar-refractivity contribution in [2.75, 3.05) is 0 Å². The Morgan fingerprint density at radius 2 is 1.80 bits per heavy atom. The third-order valence-electron chi connectivity index (χ3n) is 4.52. The summed E-state index contributed by atoms with van der Waals surface area (Å²) in [6.45, 7) is 0. The van der Waals surface area contributed by atoms with Crippen molar-refractivity contribution in [3.63, 3.8) is 0 Å². The molecule has 20 heavy (non-hydrogen) atoms. The summed E-state index contributed by atoms with van der Waals surface area (Å²) in [5.74, 6) is 0.0592. The van der Waals surface area contributed by atoms with E-state index < -0.39 is 5.54 Å². The second-order valence-electron chi connectivity index (χ2n) is 5.76. The maximum absolute atomic E-state index is 13.6. The fraction of sp³-hybridized carbons (Fsp3) is 0.333. The van der Waals surface area contributed by atoms with Crippen LogP contribution in [-0.4, -0.2) is 0 Å². The average molecular weight is 269 g/mol. The average Bonchev–Trinajstić information content (AvgIpc) is 2.49. The summed E-state index contributed by atoms with van der Waals surface area (Å²) in [6, 6.07) is 17.2. The molecule has 0 amide bonds. The predicted molar refractivity (Wildman–Crippen MR) is 79.9 cm³/mol. The number of hydrogen-bond donors (Lipinski definition) is 1. The molecule has 0 saturated heterocycles. The molecule has 1 fully saturated rings. The summed E-state index contributed by atoms with van der Waals surface area (Å²) in [5, 5.41) is 0. The van der Waals surface area contributed by atoms with Gasteiger partial charge in [0.05, 0.1) is 0 Å². The molecule has 2 aromatic rings. The number of halogens is 1. The highest BCUT2D eigenvalue weighted by Crippen LogP contribution is 2.45. The van der Waals surface area contributed by atoms with Crippen LogP contribution in [0.4, 0.5) is 4.39 Å². The molecule has 1 aliphatic carbocycles. The van der Waals surface area contributed by atoms with Crippen molar-refractivity contribution in [2.24, 2.45) is 5.73 Å². The molecule has 3 rings (SSSR count). The van der Waals surface area contributed by atoms with E-state index in [0.29, 0.717) is 0 Å². The minimum Gasteiger partial charge on any atom is -0.321 e. The van der Waals surface area contributed by atoms with Crippen LogP contribution in [0.3, 0.4) is 0 Å². The highest BCUT2D eigenvalue weighted by atomic mass is 19.1. The molecule has 0 heterocycles. The van der Waals surface area contributed by atoms with Gasteiger partial charge in [0.25, 0.3) is 0 Å². The highest BCUT2D eigenvalue weighted by molar-refractivity contribution is 5.33. The van der Waals surface area contributed by atoms with E-state index in [-0.39, 0.29) is 11.7 Å². The number of benzene rings is 2. The van der Waals surface area contributed by atoms with Gasteiger partial charge < -0.3 is 5.73 Å². The highest BCUT2D eigenvalue weighted by Gasteiger charge is 2.39. The van der Waals surface area contributed by atoms with Crippen LogP contribution in [0.25, 0.3) is 0 Å². The fourth-order valence-electron chi connectivity index (χ4n) is 3.47. The van der Waals surface area contributed by atoms with Gasteiger partial charge in [0.1, 0.15) is 5.82 Å². The van der Waals surface area contributed by atoms with Crippen LogP contribution in [0.15, 0.2) is 54.6 Å². The third kappa shape index (κ3) is 2.36. The fourth-order valence-corrected chi connectivity index (χ4v) is 3.47. The van der Waals surface area contributed by atoms with Gasteiger partial charge in [-0.05, 0) is 36.1 Å². The lowest BCUT2D eigenvalue weighted by molar-refractivity contribution is 0.254. The largest absolute Gasteiger partial charge is 0.321 e. The lowest BCUT2D eigenvalue weighted by Gasteiger charge is -2.42. The van der Waals surface area contributed by atoms with Gasteiger partial charge in [0, 0.05) is 11.5 Å². The molecule has 2 atom stereocenters. The van der Waals surface area contributed by atoms with Gasteiger partial charge in [-0.25, -0.2) is 4.39 Å². The summed E-state index contributed by atoms with van der Waals surface area (Å²) >= 11 is 0. The van der Waals surface area contributed by atoms with Gasteiger partial charge >= 0.3 is 0 Å². The molecular weight excluding hydrogens is 249 g/mol. The molecule has 104 valence electrons. The Bertz CT molecular complexity index is 581. The Kier molecular flexibility index (Phi) is 3.58. The zero-order chi connectivity index (χ0) is 14.0. The maximum atomic E-state index is 13.6. The van der Waals surface area contributed by atoms with Gasteiger partial charge in [0.15, 0.2) is 0 Å². The van der Waals surface area contributed by atoms with E-state index in [1.54, 1.807) is 12.1 Å². The van der Waals surface area contributed by atoms with Crippen molar-refractivity contribution in [3.8, 4) is 0 Å². The summed E-state index contributed by atoms with van der Waals surface area (Å²) in [7, 11) is 0. The van der Waals surface area contributed by atoms with Crippen LogP contribution in [-0.2, 0) is 5.54 Å². The van der Waals surface area contributed by atoms with E-state index in [1.807, 2.05) is 12.1 Å². The minimum absolute atomic E-state index is 0.204. The maximum Gasteiger partial charge on any atom is 0.123 e. The summed E-state index contributed by atoms with van der Waals surface area (Å²) in [6.07, 6.45) is 4.28. The molecule has 2 unspecified atom stereocenters. The summed E-state index contributed by atoms with van der Waals surface area (Å²) in [5.41, 5.74) is 8.49. The summed E-state index contributed by atoms with van der Waals surface area (Å²) < 4.78 is 13.6. The minimum atomic E-state index is -0.457. The standard InChI is InChI=1S/C18H20FN/c19-16-10-6-9-15(13-16)18(20)12-5-4-11-17(18)14-7-2-1-3-8-14/h1-3,6-10,13,17H,4-5,11-12,20H2. The molecule has 0 spiro atoms. The molecule has 0 radical (unpaired) electrons. The first-order valence-electron chi connectivity index (χ1n) is 7.30. The number of nitrogens with two attached hydrogens (primary N) is 1. The molecule has 2 N–H and O–H groups in total. The first-order valence-corrected chi connectivity index (χ1v) is 7.30. The van der Waals surface area contributed by atoms with Crippen LogP contribution in [0.5, 0.6) is 0 Å². The van der Waals surface area contributed by atoms with Crippen molar-refractivity contribution in [2.45, 2.75) is 37.1 Å². The van der Waals surface area contributed by atoms with Crippen molar-refractivity contribution < 1.29 is 4.39 Å². The van der Waals surface area contributed by atoms with Crippen LogP contribution in [0, 0.1) is 5.82 Å². The van der Waals surface area contributed by atoms with Crippen molar-refractivity contribution >= 4 is 0 Å². The lowest BCUT2D eigenvalue weighted by atomic mass is 9.67. The van der Waals surface area contributed by atoms with E-state index >= 15 is 0 Å². The first kappa shape index (κ1) is 13.3. The third-order valence-corrected chi connectivity index (χ3v) is 4.52. The quantitative estimate of drug-likeness (QED) is 0.862. The predicted octanol–water partition coefficient (Wildman–Crippen LogP) is 4.34. The normalized spacial score (nSPS) is 26.4. The zero-order valence-corrected chi connectivity index (χ0v) is 11.6. The topological polar surface area (TPSA) is 26.0 Å². The van der Waals surface area contributed by atoms with Gasteiger partial charge in [0.2, 0.25) is 0 Å². The molecule has 1 nitrogen and oxygen atoms in total. The number of hydrogen-bond acceptors (Lipinski definition) is 1. The van der Waals surface area contributed by atoms with Crippen LogP contribution >= 0.6 is 0 Å². The monoisotopic (exact) mass is 269 g/mol. The van der Waals surface area contributed by atoms with Crippen LogP contribution in [0.1, 0.15) is 42.7 Å². The van der Waals surface area contributed by atoms with Crippen molar-refractivity contribution in [1.29, 1.82) is 0 Å². The Morgan fingerprint density at radius 3 is 2.55 bits per heavy atom. The van der Waals surface area contributed by atoms with Crippen LogP contribution in [0.2, 0.25) is 0 Å². The van der Waals surface area contributed by atoms with Gasteiger partial charge in [-0.3, -0.25) is 0 Å². The molecule has 0 aromatic heterocycles. The SMILES string of the molecule is NC1(c2cccc(F)c2)CCCCC1c1ccccc1. The van der Waals surface area contributed by atoms with E-state index in [9.17, 15) is 4.39 Å². The van der Waals surface area contributed by atoms with E-state index in [2.05, 4.69) is 24.3 Å². The smallest absolute Gasteiger partial charge is 0.123 e. The van der Waals surface area contributed by atoms with E-state index in [0.717, 1.165) is 24.8 Å². The lowest BCUT2D eigenvalue weighted by Crippen LogP contribution is -2.45. The molecule has 0 bridgehead atoms.